The highest BCUT2D eigenvalue weighted by Crippen LogP contribution is 2.41. The van der Waals surface area contributed by atoms with Gasteiger partial charge >= 0.3 is 5.97 Å². The predicted octanol–water partition coefficient (Wildman–Crippen LogP) is 0.458. The van der Waals surface area contributed by atoms with Crippen molar-refractivity contribution in [3.8, 4) is 0 Å². The van der Waals surface area contributed by atoms with E-state index in [-0.39, 0.29) is 22.2 Å². The first-order valence-electron chi connectivity index (χ1n) is 8.83. The number of carbonyl (C=O) groups is 3. The molecule has 2 atom stereocenters. The molecule has 0 aliphatic carbocycles. The third-order valence-corrected chi connectivity index (χ3v) is 8.37. The fourth-order valence-electron chi connectivity index (χ4n) is 3.07. The lowest BCUT2D eigenvalue weighted by Crippen LogP contribution is -2.71. The van der Waals surface area contributed by atoms with E-state index in [2.05, 4.69) is 25.7 Å². The van der Waals surface area contributed by atoms with Crippen molar-refractivity contribution in [3.05, 3.63) is 27.9 Å². The Hall–Kier alpha value is -2.69. The van der Waals surface area contributed by atoms with Gasteiger partial charge in [0.25, 0.3) is 11.8 Å². The van der Waals surface area contributed by atoms with Crippen LogP contribution in [0.25, 0.3) is 0 Å². The Kier molecular flexibility index (Phi) is 6.63. The molecule has 12 nitrogen and oxygen atoms in total. The Morgan fingerprint density at radius 3 is 2.91 bits per heavy atom. The summed E-state index contributed by atoms with van der Waals surface area (Å²) in [5.74, 6) is -1.61. The number of nitrogen functional groups attached to an aromatic ring is 1. The average molecular weight is 514 g/mol. The van der Waals surface area contributed by atoms with Gasteiger partial charge in [-0.1, -0.05) is 28.3 Å². The number of anilines is 1. The molecule has 1 unspecified atom stereocenters. The van der Waals surface area contributed by atoms with Crippen LogP contribution in [0.5, 0.6) is 0 Å². The Bertz CT molecular complexity index is 1120. The number of aliphatic carboxylic acids is 1. The fourth-order valence-corrected chi connectivity index (χ4v) is 6.59. The van der Waals surface area contributed by atoms with Crippen LogP contribution < -0.4 is 11.1 Å². The second-order valence-electron chi connectivity index (χ2n) is 6.31. The molecule has 4 rings (SSSR count). The average Bonchev–Trinajstić information content (AvgIpc) is 3.45. The minimum Gasteiger partial charge on any atom is -0.477 e. The quantitative estimate of drug-likeness (QED) is 0.194. The summed E-state index contributed by atoms with van der Waals surface area (Å²) in [6.45, 7) is 0. The van der Waals surface area contributed by atoms with Gasteiger partial charge in [-0.15, -0.1) is 33.3 Å². The highest BCUT2D eigenvalue weighted by atomic mass is 32.2. The van der Waals surface area contributed by atoms with Gasteiger partial charge in [0.05, 0.1) is 0 Å². The number of carboxylic acids is 1. The van der Waals surface area contributed by atoms with E-state index in [0.29, 0.717) is 21.4 Å². The van der Waals surface area contributed by atoms with Gasteiger partial charge in [0, 0.05) is 16.9 Å². The first-order chi connectivity index (χ1) is 15.4. The predicted molar refractivity (Wildman–Crippen MR) is 120 cm³/mol. The number of amides is 2. The fraction of sp³-hybridized carbons (Fsp3) is 0.312. The van der Waals surface area contributed by atoms with Gasteiger partial charge in [0.1, 0.15) is 35.4 Å². The van der Waals surface area contributed by atoms with Crippen LogP contribution in [0, 0.1) is 0 Å². The van der Waals surface area contributed by atoms with Crippen LogP contribution in [-0.2, 0) is 19.2 Å². The molecule has 16 heteroatoms. The van der Waals surface area contributed by atoms with Crippen LogP contribution in [0.2, 0.25) is 0 Å². The number of thiazole rings is 1. The molecule has 2 aromatic heterocycles. The summed E-state index contributed by atoms with van der Waals surface area (Å²) in [4.78, 5) is 47.5. The van der Waals surface area contributed by atoms with Crippen molar-refractivity contribution in [3.63, 3.8) is 0 Å². The minimum atomic E-state index is -1.19. The highest BCUT2D eigenvalue weighted by Gasteiger charge is 2.54. The number of β-lactam (4-membered cyclic amide) rings is 1. The Morgan fingerprint density at radius 1 is 1.47 bits per heavy atom. The second-order valence-corrected chi connectivity index (χ2v) is 10.4. The molecule has 0 saturated carbocycles. The zero-order valence-electron chi connectivity index (χ0n) is 16.3. The molecule has 1 fully saturated rings. The number of thioether (sulfide) groups is 2. The molecule has 2 aliphatic heterocycles. The second kappa shape index (κ2) is 9.43. The number of carboxylic acid groups (broad SMARTS) is 1. The van der Waals surface area contributed by atoms with Crippen LogP contribution in [0.1, 0.15) is 5.69 Å². The third kappa shape index (κ3) is 4.30. The molecule has 0 aromatic carbocycles. The van der Waals surface area contributed by atoms with Crippen molar-refractivity contribution in [1.82, 2.24) is 25.4 Å². The number of nitrogens with two attached hydrogens (primary N) is 1. The highest BCUT2D eigenvalue weighted by molar-refractivity contribution is 8.01. The number of carbonyl (C=O) groups excluding carboxylic acids is 2. The zero-order valence-corrected chi connectivity index (χ0v) is 19.5. The lowest BCUT2D eigenvalue weighted by atomic mass is 10.0. The third-order valence-electron chi connectivity index (χ3n) is 4.41. The van der Waals surface area contributed by atoms with E-state index in [4.69, 9.17) is 10.6 Å². The SMILES string of the molecule is CON=C(C(=O)NC1C(=O)N2C(C(=O)O)=C(CSc3nncs3)CS[C@H]12)c1csc(N)n1. The van der Waals surface area contributed by atoms with Crippen molar-refractivity contribution in [1.29, 1.82) is 0 Å². The van der Waals surface area contributed by atoms with Crippen molar-refractivity contribution in [2.24, 2.45) is 5.16 Å². The Labute approximate surface area is 197 Å². The van der Waals surface area contributed by atoms with Gasteiger partial charge in [0.2, 0.25) is 0 Å². The molecule has 0 bridgehead atoms. The summed E-state index contributed by atoms with van der Waals surface area (Å²) >= 11 is 5.22. The standard InChI is InChI=1S/C16H15N7O5S4/c1-28-22-8(7-4-30-15(17)19-7)11(24)20-9-12(25)23-10(14(26)27)6(2-29-13(9)23)3-31-16-21-18-5-32-16/h4-5,9,13H,2-3H2,1H3,(H2,17,19)(H,20,24)(H,26,27)/t9?,13-/m1/s1. The summed E-state index contributed by atoms with van der Waals surface area (Å²) in [6, 6.07) is -0.905. The van der Waals surface area contributed by atoms with Crippen LogP contribution in [0.15, 0.2) is 31.7 Å². The largest absolute Gasteiger partial charge is 0.477 e. The van der Waals surface area contributed by atoms with Crippen molar-refractivity contribution < 1.29 is 24.3 Å². The molecule has 2 aliphatic rings. The van der Waals surface area contributed by atoms with Gasteiger partial charge in [-0.25, -0.2) is 9.78 Å². The molecule has 0 spiro atoms. The summed E-state index contributed by atoms with van der Waals surface area (Å²) in [7, 11) is 1.28. The van der Waals surface area contributed by atoms with Crippen LogP contribution in [0.3, 0.4) is 0 Å². The van der Waals surface area contributed by atoms with E-state index in [0.717, 1.165) is 11.3 Å². The molecule has 2 amide bonds. The van der Waals surface area contributed by atoms with Crippen LogP contribution in [0.4, 0.5) is 5.13 Å². The van der Waals surface area contributed by atoms with E-state index < -0.39 is 29.2 Å². The van der Waals surface area contributed by atoms with Crippen LogP contribution in [-0.4, -0.2) is 78.7 Å². The monoisotopic (exact) mass is 513 g/mol. The Morgan fingerprint density at radius 2 is 2.28 bits per heavy atom. The van der Waals surface area contributed by atoms with Crippen molar-refractivity contribution in [2.45, 2.75) is 15.8 Å². The van der Waals surface area contributed by atoms with Gasteiger partial charge in [-0.2, -0.15) is 0 Å². The number of fused-ring (bicyclic) bond motifs is 1. The number of nitrogens with one attached hydrogen (secondary N) is 1. The van der Waals surface area contributed by atoms with Gasteiger partial charge in [-0.3, -0.25) is 14.5 Å². The van der Waals surface area contributed by atoms with E-state index in [1.165, 1.54) is 46.9 Å². The van der Waals surface area contributed by atoms with Gasteiger partial charge < -0.3 is 21.0 Å². The van der Waals surface area contributed by atoms with E-state index in [9.17, 15) is 19.5 Å². The molecule has 4 N–H and O–H groups in total. The number of hydrogen-bond donors (Lipinski definition) is 3. The van der Waals surface area contributed by atoms with Gasteiger partial charge in [0.15, 0.2) is 15.2 Å². The maximum absolute atomic E-state index is 12.8. The normalized spacial score (nSPS) is 20.6. The summed E-state index contributed by atoms with van der Waals surface area (Å²) in [6.07, 6.45) is 0. The van der Waals surface area contributed by atoms with E-state index in [1.807, 2.05) is 0 Å². The molecule has 32 heavy (non-hydrogen) atoms. The smallest absolute Gasteiger partial charge is 0.352 e. The lowest BCUT2D eigenvalue weighted by Gasteiger charge is -2.49. The topological polar surface area (TPSA) is 173 Å². The summed E-state index contributed by atoms with van der Waals surface area (Å²) in [5.41, 5.74) is 7.85. The van der Waals surface area contributed by atoms with E-state index in [1.54, 1.807) is 10.9 Å². The van der Waals surface area contributed by atoms with Crippen LogP contribution >= 0.6 is 46.2 Å². The first kappa shape index (κ1) is 22.5. The first-order valence-corrected chi connectivity index (χ1v) is 12.6. The molecule has 1 saturated heterocycles. The summed E-state index contributed by atoms with van der Waals surface area (Å²) < 4.78 is 0.710. The number of oxime groups is 1. The lowest BCUT2D eigenvalue weighted by molar-refractivity contribution is -0.150. The number of nitrogens with zero attached hydrogens (tertiary/aromatic N) is 5. The molecular weight excluding hydrogens is 498 g/mol. The van der Waals surface area contributed by atoms with E-state index >= 15 is 0 Å². The molecular formula is C16H15N7O5S4. The van der Waals surface area contributed by atoms with Gasteiger partial charge in [-0.05, 0) is 5.57 Å². The maximum atomic E-state index is 12.8. The number of hydrogen-bond acceptors (Lipinski definition) is 13. The maximum Gasteiger partial charge on any atom is 0.352 e. The molecule has 4 heterocycles. The minimum absolute atomic E-state index is 0.0562. The van der Waals surface area contributed by atoms with Crippen molar-refractivity contribution in [2.75, 3.05) is 24.3 Å². The summed E-state index contributed by atoms with van der Waals surface area (Å²) in [5, 5.41) is 25.0. The zero-order chi connectivity index (χ0) is 22.8. The Balaban J connectivity index is 1.49. The molecule has 0 radical (unpaired) electrons. The molecule has 2 aromatic rings. The molecule has 168 valence electrons. The van der Waals surface area contributed by atoms with Crippen molar-refractivity contribution >= 4 is 74.8 Å². The number of aromatic nitrogens is 3. The number of rotatable bonds is 8.